The topological polar surface area (TPSA) is 46.4 Å². The molecule has 92 valence electrons. The lowest BCUT2D eigenvalue weighted by atomic mass is 10.1. The average molecular weight is 238 g/mol. The summed E-state index contributed by atoms with van der Waals surface area (Å²) in [6.07, 6.45) is 1.16. The van der Waals surface area contributed by atoms with E-state index in [-0.39, 0.29) is 0 Å². The van der Waals surface area contributed by atoms with Gasteiger partial charge in [-0.15, -0.1) is 0 Å². The summed E-state index contributed by atoms with van der Waals surface area (Å²) in [4.78, 5) is 12.0. The molecule has 0 aliphatic carbocycles. The molecule has 5 heteroatoms. The second kappa shape index (κ2) is 4.79. The van der Waals surface area contributed by atoms with Gasteiger partial charge in [-0.3, -0.25) is 15.0 Å². The molecule has 1 atom stereocenters. The molecule has 0 aromatic heterocycles. The fraction of sp³-hybridized carbons (Fsp3) is 0.500. The molecule has 0 saturated carbocycles. The first-order valence-corrected chi connectivity index (χ1v) is 5.71. The number of rotatable bonds is 3. The van der Waals surface area contributed by atoms with Gasteiger partial charge in [0.1, 0.15) is 0 Å². The predicted octanol–water partition coefficient (Wildman–Crippen LogP) is 2.58. The van der Waals surface area contributed by atoms with E-state index in [2.05, 4.69) is 11.8 Å². The van der Waals surface area contributed by atoms with Crippen LogP contribution in [-0.2, 0) is 6.54 Å². The Kier molecular flexibility index (Phi) is 3.38. The first kappa shape index (κ1) is 12.0. The van der Waals surface area contributed by atoms with Gasteiger partial charge in [0, 0.05) is 19.2 Å². The molecule has 1 heterocycles. The summed E-state index contributed by atoms with van der Waals surface area (Å²) < 4.78 is 13.4. The van der Waals surface area contributed by atoms with Crippen molar-refractivity contribution in [1.29, 1.82) is 0 Å². The summed E-state index contributed by atoms with van der Waals surface area (Å²) in [7, 11) is 0. The number of hydrogen-bond acceptors (Lipinski definition) is 3. The highest BCUT2D eigenvalue weighted by molar-refractivity contribution is 5.34. The third-order valence-electron chi connectivity index (χ3n) is 3.12. The van der Waals surface area contributed by atoms with E-state index in [1.807, 2.05) is 0 Å². The van der Waals surface area contributed by atoms with E-state index < -0.39 is 16.4 Å². The van der Waals surface area contributed by atoms with Gasteiger partial charge in [0.25, 0.3) is 0 Å². The maximum absolute atomic E-state index is 13.4. The van der Waals surface area contributed by atoms with Crippen molar-refractivity contribution in [2.75, 3.05) is 13.1 Å². The number of nitro groups is 1. The first-order valence-electron chi connectivity index (χ1n) is 5.71. The second-order valence-electron chi connectivity index (χ2n) is 4.67. The van der Waals surface area contributed by atoms with E-state index in [9.17, 15) is 14.5 Å². The first-order chi connectivity index (χ1) is 8.06. The van der Waals surface area contributed by atoms with Crippen LogP contribution >= 0.6 is 0 Å². The van der Waals surface area contributed by atoms with Crippen LogP contribution in [0.2, 0.25) is 0 Å². The quantitative estimate of drug-likeness (QED) is 0.600. The van der Waals surface area contributed by atoms with Crippen molar-refractivity contribution in [3.63, 3.8) is 0 Å². The van der Waals surface area contributed by atoms with E-state index in [1.165, 1.54) is 12.1 Å². The highest BCUT2D eigenvalue weighted by Crippen LogP contribution is 2.21. The monoisotopic (exact) mass is 238 g/mol. The number of hydrogen-bond donors (Lipinski definition) is 0. The minimum atomic E-state index is -0.750. The van der Waals surface area contributed by atoms with E-state index in [0.29, 0.717) is 12.5 Å². The van der Waals surface area contributed by atoms with Gasteiger partial charge in [-0.2, -0.15) is 4.39 Å². The molecule has 0 radical (unpaired) electrons. The minimum absolute atomic E-state index is 0.455. The van der Waals surface area contributed by atoms with Crippen LogP contribution in [0.25, 0.3) is 0 Å². The van der Waals surface area contributed by atoms with Gasteiger partial charge in [0.05, 0.1) is 4.92 Å². The molecular weight excluding hydrogens is 223 g/mol. The fourth-order valence-electron chi connectivity index (χ4n) is 2.22. The summed E-state index contributed by atoms with van der Waals surface area (Å²) in [5.41, 5.74) is 0.339. The van der Waals surface area contributed by atoms with E-state index in [0.717, 1.165) is 25.1 Å². The molecule has 2 rings (SSSR count). The van der Waals surface area contributed by atoms with Crippen LogP contribution in [0.15, 0.2) is 18.2 Å². The smallest absolute Gasteiger partial charge is 0.299 e. The molecule has 4 nitrogen and oxygen atoms in total. The summed E-state index contributed by atoms with van der Waals surface area (Å²) >= 11 is 0. The van der Waals surface area contributed by atoms with Crippen molar-refractivity contribution >= 4 is 5.69 Å². The number of benzene rings is 1. The lowest BCUT2D eigenvalue weighted by Gasteiger charge is -2.15. The van der Waals surface area contributed by atoms with E-state index in [1.54, 1.807) is 6.07 Å². The molecule has 0 spiro atoms. The Hall–Kier alpha value is -1.49. The largest absolute Gasteiger partial charge is 0.304 e. The van der Waals surface area contributed by atoms with E-state index >= 15 is 0 Å². The Labute approximate surface area is 99.2 Å². The number of nitro benzene ring substituents is 1. The Morgan fingerprint density at radius 2 is 2.35 bits per heavy atom. The van der Waals surface area contributed by atoms with Gasteiger partial charge in [0.2, 0.25) is 5.82 Å². The van der Waals surface area contributed by atoms with Gasteiger partial charge in [-0.05, 0) is 30.5 Å². The lowest BCUT2D eigenvalue weighted by Crippen LogP contribution is -2.19. The molecule has 1 fully saturated rings. The van der Waals surface area contributed by atoms with Crippen molar-refractivity contribution < 1.29 is 9.31 Å². The molecule has 0 amide bonds. The summed E-state index contributed by atoms with van der Waals surface area (Å²) in [6.45, 7) is 4.88. The van der Waals surface area contributed by atoms with Crippen LogP contribution < -0.4 is 0 Å². The van der Waals surface area contributed by atoms with Gasteiger partial charge in [-0.1, -0.05) is 13.0 Å². The summed E-state index contributed by atoms with van der Waals surface area (Å²) in [6, 6.07) is 4.13. The zero-order chi connectivity index (χ0) is 12.4. The number of nitrogens with zero attached hydrogens (tertiary/aromatic N) is 2. The van der Waals surface area contributed by atoms with Crippen LogP contribution in [0, 0.1) is 21.8 Å². The minimum Gasteiger partial charge on any atom is -0.299 e. The van der Waals surface area contributed by atoms with Crippen molar-refractivity contribution in [1.82, 2.24) is 4.90 Å². The van der Waals surface area contributed by atoms with Crippen LogP contribution in [0.1, 0.15) is 18.9 Å². The molecule has 1 aliphatic heterocycles. The number of likely N-dealkylation sites (tertiary alicyclic amines) is 1. The maximum atomic E-state index is 13.4. The summed E-state index contributed by atoms with van der Waals surface area (Å²) in [5, 5.41) is 10.5. The Morgan fingerprint density at radius 3 is 2.88 bits per heavy atom. The molecule has 1 aliphatic rings. The van der Waals surface area contributed by atoms with Gasteiger partial charge >= 0.3 is 5.69 Å². The van der Waals surface area contributed by atoms with E-state index in [4.69, 9.17) is 0 Å². The standard InChI is InChI=1S/C12H15FN2O2/c1-9-4-5-14(7-9)8-10-2-3-12(15(16)17)11(13)6-10/h2-3,6,9H,4-5,7-8H2,1H3. The van der Waals surface area contributed by atoms with Crippen LogP contribution in [-0.4, -0.2) is 22.9 Å². The highest BCUT2D eigenvalue weighted by Gasteiger charge is 2.20. The third-order valence-corrected chi connectivity index (χ3v) is 3.12. The van der Waals surface area contributed by atoms with Gasteiger partial charge in [-0.25, -0.2) is 0 Å². The normalized spacial score (nSPS) is 20.7. The van der Waals surface area contributed by atoms with Crippen LogP contribution in [0.3, 0.4) is 0 Å². The molecular formula is C12H15FN2O2. The summed E-state index contributed by atoms with van der Waals surface area (Å²) in [5.74, 6) is -0.0716. The SMILES string of the molecule is CC1CCN(Cc2ccc([N+](=O)[O-])c(F)c2)C1. The highest BCUT2D eigenvalue weighted by atomic mass is 19.1. The lowest BCUT2D eigenvalue weighted by molar-refractivity contribution is -0.387. The molecule has 0 N–H and O–H groups in total. The Bertz CT molecular complexity index is 437. The predicted molar refractivity (Wildman–Crippen MR) is 62.1 cm³/mol. The number of halogens is 1. The Morgan fingerprint density at radius 1 is 1.59 bits per heavy atom. The molecule has 17 heavy (non-hydrogen) atoms. The zero-order valence-electron chi connectivity index (χ0n) is 9.73. The van der Waals surface area contributed by atoms with Gasteiger partial charge in [0.15, 0.2) is 0 Å². The third kappa shape index (κ3) is 2.79. The molecule has 1 saturated heterocycles. The molecule has 1 unspecified atom stereocenters. The average Bonchev–Trinajstić information content (AvgIpc) is 2.63. The van der Waals surface area contributed by atoms with Crippen molar-refractivity contribution in [2.24, 2.45) is 5.92 Å². The van der Waals surface area contributed by atoms with Crippen molar-refractivity contribution in [2.45, 2.75) is 19.9 Å². The Balaban J connectivity index is 2.07. The van der Waals surface area contributed by atoms with Crippen molar-refractivity contribution in [3.8, 4) is 0 Å². The maximum Gasteiger partial charge on any atom is 0.304 e. The molecule has 1 aromatic rings. The molecule has 0 bridgehead atoms. The second-order valence-corrected chi connectivity index (χ2v) is 4.67. The van der Waals surface area contributed by atoms with Crippen molar-refractivity contribution in [3.05, 3.63) is 39.7 Å². The molecule has 1 aromatic carbocycles. The van der Waals surface area contributed by atoms with Crippen LogP contribution in [0.4, 0.5) is 10.1 Å². The zero-order valence-corrected chi connectivity index (χ0v) is 9.73. The van der Waals surface area contributed by atoms with Crippen LogP contribution in [0.5, 0.6) is 0 Å². The van der Waals surface area contributed by atoms with Gasteiger partial charge < -0.3 is 0 Å². The fourth-order valence-corrected chi connectivity index (χ4v) is 2.22.